The van der Waals surface area contributed by atoms with Crippen LogP contribution in [0.4, 0.5) is 0 Å². The van der Waals surface area contributed by atoms with Crippen molar-refractivity contribution in [1.29, 1.82) is 0 Å². The van der Waals surface area contributed by atoms with Gasteiger partial charge in [0.1, 0.15) is 14.2 Å². The SMILES string of the molecule is O=S(=O)([O-])C1(c2ccc3c(c2)OCO3)CC=CS1.[Na+]. The fraction of sp³-hybridized carbons (Fsp3) is 0.273. The standard InChI is InChI=1S/C11H10O5S2.Na/c12-18(13,14)11(4-1-5-17-11)8-2-3-9-10(6-8)16-7-15-9;/h1-3,5-6H,4,7H2,(H,12,13,14);/q;+1/p-1. The van der Waals surface area contributed by atoms with Crippen molar-refractivity contribution in [2.24, 2.45) is 0 Å². The first-order valence-corrected chi connectivity index (χ1v) is 7.50. The molecule has 0 N–H and O–H groups in total. The molecule has 1 atom stereocenters. The molecule has 1 aromatic carbocycles. The normalized spacial score (nSPS) is 24.3. The van der Waals surface area contributed by atoms with Gasteiger partial charge in [-0.25, -0.2) is 8.42 Å². The molecule has 0 saturated heterocycles. The molecule has 0 fully saturated rings. The van der Waals surface area contributed by atoms with Crippen molar-refractivity contribution < 1.29 is 52.0 Å². The quantitative estimate of drug-likeness (QED) is 0.503. The summed E-state index contributed by atoms with van der Waals surface area (Å²) >= 11 is 1.02. The Morgan fingerprint density at radius 1 is 1.26 bits per heavy atom. The van der Waals surface area contributed by atoms with E-state index in [0.717, 1.165) is 11.8 Å². The maximum atomic E-state index is 11.6. The van der Waals surface area contributed by atoms with Crippen LogP contribution in [0.2, 0.25) is 0 Å². The number of thioether (sulfide) groups is 1. The minimum absolute atomic E-state index is 0. The van der Waals surface area contributed by atoms with Crippen LogP contribution in [0, 0.1) is 0 Å². The third kappa shape index (κ3) is 2.43. The fourth-order valence-corrected chi connectivity index (χ4v) is 4.26. The molecule has 0 aliphatic carbocycles. The van der Waals surface area contributed by atoms with Crippen molar-refractivity contribution in [3.8, 4) is 11.5 Å². The number of hydrogen-bond donors (Lipinski definition) is 0. The van der Waals surface area contributed by atoms with E-state index in [4.69, 9.17) is 9.47 Å². The molecule has 2 aliphatic heterocycles. The summed E-state index contributed by atoms with van der Waals surface area (Å²) in [5.74, 6) is 1.04. The second kappa shape index (κ2) is 5.31. The Kier molecular flexibility index (Phi) is 4.25. The monoisotopic (exact) mass is 308 g/mol. The zero-order valence-electron chi connectivity index (χ0n) is 10.2. The third-order valence-corrected chi connectivity index (χ3v) is 6.18. The van der Waals surface area contributed by atoms with E-state index in [9.17, 15) is 13.0 Å². The zero-order chi connectivity index (χ0) is 12.8. The molecule has 8 heteroatoms. The van der Waals surface area contributed by atoms with Gasteiger partial charge in [-0.05, 0) is 29.5 Å². The third-order valence-electron chi connectivity index (χ3n) is 2.96. The molecule has 96 valence electrons. The predicted molar refractivity (Wildman–Crippen MR) is 65.3 cm³/mol. The summed E-state index contributed by atoms with van der Waals surface area (Å²) in [4.78, 5) is 0. The number of rotatable bonds is 2. The van der Waals surface area contributed by atoms with Gasteiger partial charge in [-0.2, -0.15) is 0 Å². The summed E-state index contributed by atoms with van der Waals surface area (Å²) in [6.45, 7) is 0.112. The van der Waals surface area contributed by atoms with Crippen LogP contribution in [0.3, 0.4) is 0 Å². The predicted octanol–water partition coefficient (Wildman–Crippen LogP) is -1.23. The van der Waals surface area contributed by atoms with E-state index in [1.54, 1.807) is 29.7 Å². The molecular weight excluding hydrogens is 299 g/mol. The van der Waals surface area contributed by atoms with Crippen molar-refractivity contribution in [2.45, 2.75) is 10.5 Å². The second-order valence-electron chi connectivity index (χ2n) is 3.97. The fourth-order valence-electron chi connectivity index (χ4n) is 2.03. The molecule has 2 aliphatic rings. The molecule has 19 heavy (non-hydrogen) atoms. The van der Waals surface area contributed by atoms with Crippen LogP contribution in [0.5, 0.6) is 11.5 Å². The van der Waals surface area contributed by atoms with E-state index in [-0.39, 0.29) is 42.8 Å². The Bertz CT molecular complexity index is 618. The van der Waals surface area contributed by atoms with Crippen LogP contribution in [0.15, 0.2) is 29.7 Å². The number of hydrogen-bond acceptors (Lipinski definition) is 6. The largest absolute Gasteiger partial charge is 1.00 e. The van der Waals surface area contributed by atoms with Gasteiger partial charge in [0.2, 0.25) is 6.79 Å². The van der Waals surface area contributed by atoms with Gasteiger partial charge in [-0.1, -0.05) is 12.1 Å². The minimum atomic E-state index is -4.48. The Labute approximate surface area is 137 Å². The zero-order valence-corrected chi connectivity index (χ0v) is 13.8. The van der Waals surface area contributed by atoms with Crippen LogP contribution < -0.4 is 39.0 Å². The van der Waals surface area contributed by atoms with Crippen LogP contribution in [-0.2, 0) is 14.2 Å². The average Bonchev–Trinajstić information content (AvgIpc) is 2.96. The van der Waals surface area contributed by atoms with Crippen LogP contribution in [-0.4, -0.2) is 19.8 Å². The van der Waals surface area contributed by atoms with Crippen LogP contribution in [0.25, 0.3) is 0 Å². The molecule has 0 amide bonds. The Hall–Kier alpha value is -0.180. The molecule has 3 rings (SSSR count). The summed E-state index contributed by atoms with van der Waals surface area (Å²) in [6.07, 6.45) is 1.86. The van der Waals surface area contributed by atoms with Crippen molar-refractivity contribution in [2.75, 3.05) is 6.79 Å². The first kappa shape index (κ1) is 15.2. The summed E-state index contributed by atoms with van der Waals surface area (Å²) < 4.78 is 43.6. The Balaban J connectivity index is 0.00000133. The number of allylic oxidation sites excluding steroid dienone is 1. The van der Waals surface area contributed by atoms with E-state index >= 15 is 0 Å². The second-order valence-corrected chi connectivity index (χ2v) is 7.04. The van der Waals surface area contributed by atoms with Crippen molar-refractivity contribution in [3.63, 3.8) is 0 Å². The van der Waals surface area contributed by atoms with E-state index in [1.165, 1.54) is 0 Å². The Morgan fingerprint density at radius 3 is 2.63 bits per heavy atom. The minimum Gasteiger partial charge on any atom is -0.747 e. The van der Waals surface area contributed by atoms with E-state index in [2.05, 4.69) is 0 Å². The van der Waals surface area contributed by atoms with Crippen molar-refractivity contribution in [3.05, 3.63) is 35.2 Å². The number of ether oxygens (including phenoxy) is 2. The molecule has 0 saturated carbocycles. The molecule has 5 nitrogen and oxygen atoms in total. The van der Waals surface area contributed by atoms with Gasteiger partial charge in [-0.3, -0.25) is 0 Å². The molecule has 0 aromatic heterocycles. The van der Waals surface area contributed by atoms with Crippen LogP contribution >= 0.6 is 11.8 Å². The first-order chi connectivity index (χ1) is 8.53. The molecule has 1 unspecified atom stereocenters. The molecular formula is C11H9NaO5S2. The van der Waals surface area contributed by atoms with E-state index < -0.39 is 14.2 Å². The van der Waals surface area contributed by atoms with E-state index in [1.807, 2.05) is 0 Å². The van der Waals surface area contributed by atoms with Crippen LogP contribution in [0.1, 0.15) is 12.0 Å². The van der Waals surface area contributed by atoms with Gasteiger partial charge in [0, 0.05) is 0 Å². The molecule has 0 radical (unpaired) electrons. The molecule has 0 bridgehead atoms. The summed E-state index contributed by atoms with van der Waals surface area (Å²) in [7, 11) is -4.48. The van der Waals surface area contributed by atoms with Gasteiger partial charge >= 0.3 is 29.6 Å². The summed E-state index contributed by atoms with van der Waals surface area (Å²) in [5, 5.41) is 1.64. The van der Waals surface area contributed by atoms with Gasteiger partial charge in [0.05, 0.1) is 0 Å². The van der Waals surface area contributed by atoms with Gasteiger partial charge in [-0.15, -0.1) is 11.8 Å². The maximum Gasteiger partial charge on any atom is 1.00 e. The average molecular weight is 308 g/mol. The van der Waals surface area contributed by atoms with Gasteiger partial charge in [0.25, 0.3) is 0 Å². The van der Waals surface area contributed by atoms with E-state index in [0.29, 0.717) is 17.1 Å². The van der Waals surface area contributed by atoms with Crippen molar-refractivity contribution >= 4 is 21.9 Å². The van der Waals surface area contributed by atoms with Gasteiger partial charge < -0.3 is 14.0 Å². The van der Waals surface area contributed by atoms with Crippen molar-refractivity contribution in [1.82, 2.24) is 0 Å². The molecule has 0 spiro atoms. The first-order valence-electron chi connectivity index (χ1n) is 5.21. The molecule has 1 aromatic rings. The maximum absolute atomic E-state index is 11.6. The summed E-state index contributed by atoms with van der Waals surface area (Å²) in [5.41, 5.74) is 0.428. The smallest absolute Gasteiger partial charge is 0.747 e. The Morgan fingerprint density at radius 2 is 2.00 bits per heavy atom. The number of fused-ring (bicyclic) bond motifs is 1. The number of benzene rings is 1. The van der Waals surface area contributed by atoms with Gasteiger partial charge in [0.15, 0.2) is 11.5 Å². The molecule has 2 heterocycles. The summed E-state index contributed by atoms with van der Waals surface area (Å²) in [6, 6.07) is 4.80. The topological polar surface area (TPSA) is 75.7 Å².